The number of amides is 2. The van der Waals surface area contributed by atoms with Gasteiger partial charge in [-0.15, -0.1) is 0 Å². The highest BCUT2D eigenvalue weighted by Gasteiger charge is 2.42. The van der Waals surface area contributed by atoms with Crippen molar-refractivity contribution in [3.05, 3.63) is 35.9 Å². The highest BCUT2D eigenvalue weighted by molar-refractivity contribution is 5.88. The second-order valence-electron chi connectivity index (χ2n) is 8.56. The van der Waals surface area contributed by atoms with Crippen molar-refractivity contribution in [3.8, 4) is 0 Å². The molecule has 0 aromatic heterocycles. The third-order valence-corrected chi connectivity index (χ3v) is 4.00. The van der Waals surface area contributed by atoms with Crippen LogP contribution < -0.4 is 5.32 Å². The van der Waals surface area contributed by atoms with E-state index in [1.54, 1.807) is 34.6 Å². The Balaban J connectivity index is 3.14. The van der Waals surface area contributed by atoms with Gasteiger partial charge in [0.15, 0.2) is 0 Å². The molecule has 0 saturated carbocycles. The van der Waals surface area contributed by atoms with Crippen LogP contribution in [0.15, 0.2) is 30.3 Å². The summed E-state index contributed by atoms with van der Waals surface area (Å²) < 4.78 is 5.42. The maximum absolute atomic E-state index is 12.9. The SMILES string of the molecule is CC(C)CN(C(=O)NC(Cc1ccccc1)C(=O)OC(C)(C)C)C(C)(O)C(=O)O. The van der Waals surface area contributed by atoms with Gasteiger partial charge < -0.3 is 20.3 Å². The molecule has 162 valence electrons. The normalized spacial score (nSPS) is 14.6. The molecule has 1 rings (SSSR count). The van der Waals surface area contributed by atoms with Gasteiger partial charge in [-0.3, -0.25) is 4.90 Å². The standard InChI is InChI=1S/C21H32N2O6/c1-14(2)13-23(21(6,28)18(25)26)19(27)22-16(17(24)29-20(3,4)5)12-15-10-8-7-9-11-15/h7-11,14,16,28H,12-13H2,1-6H3,(H,22,27)(H,25,26). The molecule has 1 aromatic rings. The van der Waals surface area contributed by atoms with E-state index in [2.05, 4.69) is 5.32 Å². The van der Waals surface area contributed by atoms with Gasteiger partial charge in [0.25, 0.3) is 0 Å². The summed E-state index contributed by atoms with van der Waals surface area (Å²) >= 11 is 0. The van der Waals surface area contributed by atoms with Gasteiger partial charge in [-0.2, -0.15) is 0 Å². The summed E-state index contributed by atoms with van der Waals surface area (Å²) in [4.78, 5) is 37.9. The maximum Gasteiger partial charge on any atom is 0.357 e. The molecule has 2 unspecified atom stereocenters. The van der Waals surface area contributed by atoms with Gasteiger partial charge in [0.05, 0.1) is 0 Å². The highest BCUT2D eigenvalue weighted by Crippen LogP contribution is 2.17. The smallest absolute Gasteiger partial charge is 0.357 e. The summed E-state index contributed by atoms with van der Waals surface area (Å²) in [5.41, 5.74) is -2.40. The number of hydrogen-bond donors (Lipinski definition) is 3. The Morgan fingerprint density at radius 2 is 1.66 bits per heavy atom. The van der Waals surface area contributed by atoms with Crippen molar-refractivity contribution in [1.82, 2.24) is 10.2 Å². The zero-order valence-corrected chi connectivity index (χ0v) is 17.9. The lowest BCUT2D eigenvalue weighted by molar-refractivity contribution is -0.173. The Labute approximate surface area is 171 Å². The Hall–Kier alpha value is -2.61. The summed E-state index contributed by atoms with van der Waals surface area (Å²) in [6, 6.07) is 7.15. The van der Waals surface area contributed by atoms with Crippen molar-refractivity contribution in [2.24, 2.45) is 5.92 Å². The summed E-state index contributed by atoms with van der Waals surface area (Å²) in [7, 11) is 0. The first kappa shape index (κ1) is 24.4. The third kappa shape index (κ3) is 7.73. The number of aliphatic hydroxyl groups is 1. The van der Waals surface area contributed by atoms with Crippen LogP contribution in [0, 0.1) is 5.92 Å². The van der Waals surface area contributed by atoms with E-state index in [0.29, 0.717) is 0 Å². The summed E-state index contributed by atoms with van der Waals surface area (Å²) in [6.45, 7) is 9.72. The van der Waals surface area contributed by atoms with E-state index >= 15 is 0 Å². The van der Waals surface area contributed by atoms with Gasteiger partial charge in [0, 0.05) is 13.0 Å². The molecule has 0 spiro atoms. The molecule has 29 heavy (non-hydrogen) atoms. The van der Waals surface area contributed by atoms with Crippen LogP contribution in [-0.2, 0) is 20.7 Å². The zero-order chi connectivity index (χ0) is 22.4. The van der Waals surface area contributed by atoms with Gasteiger partial charge in [-0.05, 0) is 39.2 Å². The Morgan fingerprint density at radius 1 is 1.10 bits per heavy atom. The molecule has 0 fully saturated rings. The molecular formula is C21H32N2O6. The maximum atomic E-state index is 12.9. The van der Waals surface area contributed by atoms with Crippen LogP contribution in [0.1, 0.15) is 47.1 Å². The van der Waals surface area contributed by atoms with Crippen LogP contribution in [0.2, 0.25) is 0 Å². The van der Waals surface area contributed by atoms with Crippen molar-refractivity contribution in [1.29, 1.82) is 0 Å². The van der Waals surface area contributed by atoms with Gasteiger partial charge in [0.1, 0.15) is 11.6 Å². The quantitative estimate of drug-likeness (QED) is 0.449. The fourth-order valence-corrected chi connectivity index (χ4v) is 2.58. The van der Waals surface area contributed by atoms with E-state index in [0.717, 1.165) is 17.4 Å². The van der Waals surface area contributed by atoms with E-state index in [-0.39, 0.29) is 18.9 Å². The number of urea groups is 1. The first-order valence-electron chi connectivity index (χ1n) is 9.54. The van der Waals surface area contributed by atoms with E-state index in [4.69, 9.17) is 4.74 Å². The Morgan fingerprint density at radius 3 is 2.10 bits per heavy atom. The van der Waals surface area contributed by atoms with Crippen molar-refractivity contribution in [3.63, 3.8) is 0 Å². The molecule has 8 heteroatoms. The summed E-state index contributed by atoms with van der Waals surface area (Å²) in [5.74, 6) is -2.32. The molecule has 0 saturated heterocycles. The van der Waals surface area contributed by atoms with Crippen molar-refractivity contribution in [2.45, 2.75) is 65.3 Å². The molecule has 2 amide bonds. The monoisotopic (exact) mass is 408 g/mol. The molecule has 2 atom stereocenters. The average Bonchev–Trinajstić information content (AvgIpc) is 2.58. The number of hydrogen-bond acceptors (Lipinski definition) is 5. The molecule has 1 aromatic carbocycles. The van der Waals surface area contributed by atoms with Crippen molar-refractivity contribution < 1.29 is 29.3 Å². The number of nitrogens with zero attached hydrogens (tertiary/aromatic N) is 1. The number of rotatable bonds is 8. The molecule has 0 heterocycles. The zero-order valence-electron chi connectivity index (χ0n) is 17.9. The van der Waals surface area contributed by atoms with Crippen LogP contribution in [0.5, 0.6) is 0 Å². The predicted molar refractivity (Wildman–Crippen MR) is 108 cm³/mol. The first-order chi connectivity index (χ1) is 13.2. The highest BCUT2D eigenvalue weighted by atomic mass is 16.6. The van der Waals surface area contributed by atoms with E-state index in [9.17, 15) is 24.6 Å². The minimum Gasteiger partial charge on any atom is -0.478 e. The minimum absolute atomic E-state index is 0.0164. The molecule has 0 aliphatic heterocycles. The third-order valence-electron chi connectivity index (χ3n) is 4.00. The number of carboxylic acids is 1. The number of carbonyl (C=O) groups excluding carboxylic acids is 2. The molecule has 0 radical (unpaired) electrons. The second kappa shape index (κ2) is 9.73. The fourth-order valence-electron chi connectivity index (χ4n) is 2.58. The van der Waals surface area contributed by atoms with Gasteiger partial charge in [-0.25, -0.2) is 14.4 Å². The fraction of sp³-hybridized carbons (Fsp3) is 0.571. The van der Waals surface area contributed by atoms with E-state index in [1.165, 1.54) is 0 Å². The average molecular weight is 408 g/mol. The lowest BCUT2D eigenvalue weighted by Crippen LogP contribution is -2.61. The lowest BCUT2D eigenvalue weighted by Gasteiger charge is -2.36. The first-order valence-corrected chi connectivity index (χ1v) is 9.54. The van der Waals surface area contributed by atoms with Gasteiger partial charge in [0.2, 0.25) is 5.72 Å². The number of nitrogens with one attached hydrogen (secondary N) is 1. The van der Waals surface area contributed by atoms with Crippen LogP contribution in [0.3, 0.4) is 0 Å². The molecule has 8 nitrogen and oxygen atoms in total. The number of esters is 1. The number of benzene rings is 1. The number of carbonyl (C=O) groups is 3. The lowest BCUT2D eigenvalue weighted by atomic mass is 10.1. The minimum atomic E-state index is -2.43. The van der Waals surface area contributed by atoms with Crippen molar-refractivity contribution >= 4 is 18.0 Å². The molecule has 3 N–H and O–H groups in total. The molecule has 0 bridgehead atoms. The van der Waals surface area contributed by atoms with E-state index in [1.807, 2.05) is 30.3 Å². The van der Waals surface area contributed by atoms with Crippen molar-refractivity contribution in [2.75, 3.05) is 6.54 Å². The van der Waals surface area contributed by atoms with Crippen LogP contribution >= 0.6 is 0 Å². The van der Waals surface area contributed by atoms with Gasteiger partial charge in [-0.1, -0.05) is 44.2 Å². The predicted octanol–water partition coefficient (Wildman–Crippen LogP) is 2.40. The molecule has 0 aliphatic rings. The molecule has 0 aliphatic carbocycles. The number of ether oxygens (including phenoxy) is 1. The Bertz CT molecular complexity index is 710. The second-order valence-corrected chi connectivity index (χ2v) is 8.56. The molecular weight excluding hydrogens is 376 g/mol. The summed E-state index contributed by atoms with van der Waals surface area (Å²) in [6.07, 6.45) is 0.159. The number of carboxylic acid groups (broad SMARTS) is 1. The van der Waals surface area contributed by atoms with Gasteiger partial charge >= 0.3 is 18.0 Å². The van der Waals surface area contributed by atoms with E-state index < -0.39 is 35.3 Å². The largest absolute Gasteiger partial charge is 0.478 e. The Kier molecular flexibility index (Phi) is 8.20. The van der Waals surface area contributed by atoms with Crippen LogP contribution in [0.4, 0.5) is 4.79 Å². The van der Waals surface area contributed by atoms with Crippen LogP contribution in [-0.4, -0.2) is 57.0 Å². The van der Waals surface area contributed by atoms with Crippen LogP contribution in [0.25, 0.3) is 0 Å². The number of aliphatic carboxylic acids is 1. The summed E-state index contributed by atoms with van der Waals surface area (Å²) in [5, 5.41) is 22.2. The topological polar surface area (TPSA) is 116 Å².